The summed E-state index contributed by atoms with van der Waals surface area (Å²) in [5.41, 5.74) is 4.82. The monoisotopic (exact) mass is 474 g/mol. The van der Waals surface area contributed by atoms with Gasteiger partial charge in [-0.05, 0) is 31.6 Å². The Balaban J connectivity index is 2.01. The number of ether oxygens (including phenoxy) is 3. The predicted molar refractivity (Wildman–Crippen MR) is 126 cm³/mol. The zero-order valence-corrected chi connectivity index (χ0v) is 19.4. The fourth-order valence-electron chi connectivity index (χ4n) is 3.25. The Bertz CT molecular complexity index is 1160. The molecule has 1 aliphatic heterocycles. The predicted octanol–water partition coefficient (Wildman–Crippen LogP) is 5.57. The van der Waals surface area contributed by atoms with Crippen LogP contribution < -0.4 is 19.6 Å². The third-order valence-electron chi connectivity index (χ3n) is 4.95. The standard InChI is InChI=1S/C24H25F3N4O3/c1-14(2)19-13-28-23(29-18-11-20(32-4)22(34-6)21(12-18)33-5)30-31(19)15(3)16-8-7-9-17(10-16)24(25,26)27/h7-13H,3H2,1-2,4-6H3,(H,29,30). The number of hydrogen-bond donors (Lipinski definition) is 1. The zero-order chi connectivity index (χ0) is 25.0. The van der Waals surface area contributed by atoms with Crippen LogP contribution in [0, 0.1) is 0 Å². The molecule has 0 saturated heterocycles. The molecule has 0 unspecified atom stereocenters. The number of rotatable bonds is 6. The molecule has 0 saturated carbocycles. The molecular formula is C24H25F3N4O3. The number of hydrogen-bond acceptors (Lipinski definition) is 5. The summed E-state index contributed by atoms with van der Waals surface area (Å²) in [4.78, 5) is 8.84. The fraction of sp³-hybridized carbons (Fsp3) is 0.250. The van der Waals surface area contributed by atoms with Crippen LogP contribution in [0.3, 0.4) is 0 Å². The molecule has 2 aromatic carbocycles. The quantitative estimate of drug-likeness (QED) is 0.593. The second-order valence-corrected chi connectivity index (χ2v) is 7.43. The number of hydrazine groups is 1. The van der Waals surface area contributed by atoms with Gasteiger partial charge < -0.3 is 14.2 Å². The van der Waals surface area contributed by atoms with Crippen molar-refractivity contribution in [3.05, 3.63) is 65.4 Å². The van der Waals surface area contributed by atoms with Crippen LogP contribution in [0.25, 0.3) is 5.70 Å². The number of methoxy groups -OCH3 is 3. The molecule has 0 atom stereocenters. The third-order valence-corrected chi connectivity index (χ3v) is 4.95. The Kier molecular flexibility index (Phi) is 7.19. The summed E-state index contributed by atoms with van der Waals surface area (Å²) in [6, 6.07) is 8.26. The van der Waals surface area contributed by atoms with Gasteiger partial charge in [0.1, 0.15) is 0 Å². The van der Waals surface area contributed by atoms with E-state index in [1.165, 1.54) is 27.4 Å². The Labute approximate surface area is 195 Å². The van der Waals surface area contributed by atoms with Gasteiger partial charge in [-0.2, -0.15) is 13.2 Å². The molecule has 0 fully saturated rings. The normalized spacial score (nSPS) is 14.6. The minimum atomic E-state index is -4.47. The van der Waals surface area contributed by atoms with E-state index in [0.29, 0.717) is 39.9 Å². The first-order valence-electron chi connectivity index (χ1n) is 10.1. The molecule has 1 aliphatic rings. The molecule has 1 N–H and O–H groups in total. The van der Waals surface area contributed by atoms with E-state index in [-0.39, 0.29) is 5.96 Å². The van der Waals surface area contributed by atoms with Crippen molar-refractivity contribution >= 4 is 23.6 Å². The topological polar surface area (TPSA) is 67.7 Å². The highest BCUT2D eigenvalue weighted by atomic mass is 19.4. The van der Waals surface area contributed by atoms with Crippen molar-refractivity contribution in [3.63, 3.8) is 0 Å². The van der Waals surface area contributed by atoms with Crippen LogP contribution in [-0.2, 0) is 6.18 Å². The summed E-state index contributed by atoms with van der Waals surface area (Å²) in [6.07, 6.45) is -2.90. The van der Waals surface area contributed by atoms with E-state index in [2.05, 4.69) is 22.0 Å². The van der Waals surface area contributed by atoms with Gasteiger partial charge in [0, 0.05) is 17.7 Å². The van der Waals surface area contributed by atoms with Crippen molar-refractivity contribution < 1.29 is 27.4 Å². The number of aliphatic imine (C=N–C) groups is 2. The van der Waals surface area contributed by atoms with Crippen LogP contribution in [0.5, 0.6) is 17.2 Å². The highest BCUT2D eigenvalue weighted by Gasteiger charge is 2.31. The molecule has 3 rings (SSSR count). The van der Waals surface area contributed by atoms with Crippen molar-refractivity contribution in [2.45, 2.75) is 20.0 Å². The molecule has 0 radical (unpaired) electrons. The van der Waals surface area contributed by atoms with Gasteiger partial charge >= 0.3 is 6.18 Å². The molecule has 0 aliphatic carbocycles. The maximum absolute atomic E-state index is 13.2. The highest BCUT2D eigenvalue weighted by Crippen LogP contribution is 2.41. The maximum Gasteiger partial charge on any atom is 0.416 e. The van der Waals surface area contributed by atoms with Gasteiger partial charge in [0.15, 0.2) is 11.5 Å². The van der Waals surface area contributed by atoms with Gasteiger partial charge in [-0.1, -0.05) is 18.7 Å². The summed E-state index contributed by atoms with van der Waals surface area (Å²) >= 11 is 0. The number of nitrogens with zero attached hydrogens (tertiary/aromatic N) is 3. The van der Waals surface area contributed by atoms with E-state index >= 15 is 0 Å². The summed E-state index contributed by atoms with van der Waals surface area (Å²) in [5, 5.41) is 1.55. The molecule has 0 aromatic heterocycles. The lowest BCUT2D eigenvalue weighted by atomic mass is 10.1. The number of alkyl halides is 3. The van der Waals surface area contributed by atoms with Crippen LogP contribution in [0.1, 0.15) is 25.0 Å². The summed E-state index contributed by atoms with van der Waals surface area (Å²) in [7, 11) is 4.48. The Morgan fingerprint density at radius 1 is 1.03 bits per heavy atom. The molecule has 0 spiro atoms. The van der Waals surface area contributed by atoms with Gasteiger partial charge in [0.2, 0.25) is 11.7 Å². The SMILES string of the molecule is C=C(c1cccc(C(F)(F)F)c1)N1NC(=Nc2cc(OC)c(OC)c(OC)c2)N=CC1=C(C)C. The van der Waals surface area contributed by atoms with Crippen LogP contribution in [0.2, 0.25) is 0 Å². The summed E-state index contributed by atoms with van der Waals surface area (Å²) in [6.45, 7) is 7.73. The van der Waals surface area contributed by atoms with E-state index in [4.69, 9.17) is 14.2 Å². The van der Waals surface area contributed by atoms with Crippen molar-refractivity contribution in [2.24, 2.45) is 9.98 Å². The average molecular weight is 474 g/mol. The fourth-order valence-corrected chi connectivity index (χ4v) is 3.25. The first kappa shape index (κ1) is 24.7. The lowest BCUT2D eigenvalue weighted by Crippen LogP contribution is -2.43. The molecule has 7 nitrogen and oxygen atoms in total. The van der Waals surface area contributed by atoms with Crippen molar-refractivity contribution in [1.82, 2.24) is 10.4 Å². The first-order valence-corrected chi connectivity index (χ1v) is 10.1. The second kappa shape index (κ2) is 9.90. The molecule has 0 amide bonds. The van der Waals surface area contributed by atoms with Gasteiger partial charge in [0.05, 0.1) is 50.2 Å². The molecular weight excluding hydrogens is 449 g/mol. The Morgan fingerprint density at radius 2 is 1.68 bits per heavy atom. The zero-order valence-electron chi connectivity index (χ0n) is 19.4. The third kappa shape index (κ3) is 5.16. The van der Waals surface area contributed by atoms with E-state index in [9.17, 15) is 13.2 Å². The van der Waals surface area contributed by atoms with E-state index in [0.717, 1.165) is 17.7 Å². The van der Waals surface area contributed by atoms with Crippen LogP contribution in [-0.4, -0.2) is 38.5 Å². The van der Waals surface area contributed by atoms with Gasteiger partial charge in [-0.3, -0.25) is 10.4 Å². The Hall–Kier alpha value is -3.95. The van der Waals surface area contributed by atoms with Crippen molar-refractivity contribution in [1.29, 1.82) is 0 Å². The first-order chi connectivity index (χ1) is 16.1. The van der Waals surface area contributed by atoms with E-state index < -0.39 is 11.7 Å². The number of guanidine groups is 1. The van der Waals surface area contributed by atoms with E-state index in [1.807, 2.05) is 13.8 Å². The summed E-state index contributed by atoms with van der Waals surface area (Å²) < 4.78 is 55.7. The van der Waals surface area contributed by atoms with Crippen LogP contribution in [0.4, 0.5) is 18.9 Å². The number of benzene rings is 2. The number of nitrogens with one attached hydrogen (secondary N) is 1. The lowest BCUT2D eigenvalue weighted by Gasteiger charge is -2.32. The van der Waals surface area contributed by atoms with Gasteiger partial charge in [-0.15, -0.1) is 0 Å². The molecule has 34 heavy (non-hydrogen) atoms. The van der Waals surface area contributed by atoms with Crippen molar-refractivity contribution in [2.75, 3.05) is 21.3 Å². The van der Waals surface area contributed by atoms with Crippen molar-refractivity contribution in [3.8, 4) is 17.2 Å². The van der Waals surface area contributed by atoms with Gasteiger partial charge in [-0.25, -0.2) is 9.98 Å². The smallest absolute Gasteiger partial charge is 0.416 e. The molecule has 2 aromatic rings. The van der Waals surface area contributed by atoms with Crippen LogP contribution in [0.15, 0.2) is 64.2 Å². The average Bonchev–Trinajstić information content (AvgIpc) is 2.82. The molecule has 180 valence electrons. The highest BCUT2D eigenvalue weighted by molar-refractivity contribution is 5.99. The number of allylic oxidation sites excluding steroid dienone is 2. The van der Waals surface area contributed by atoms with Crippen LogP contribution >= 0.6 is 0 Å². The minimum absolute atomic E-state index is 0.187. The summed E-state index contributed by atoms with van der Waals surface area (Å²) in [5.74, 6) is 1.43. The number of halogens is 3. The second-order valence-electron chi connectivity index (χ2n) is 7.43. The molecule has 0 bridgehead atoms. The van der Waals surface area contributed by atoms with E-state index in [1.54, 1.807) is 29.4 Å². The minimum Gasteiger partial charge on any atom is -0.493 e. The lowest BCUT2D eigenvalue weighted by molar-refractivity contribution is -0.137. The molecule has 1 heterocycles. The largest absolute Gasteiger partial charge is 0.493 e. The maximum atomic E-state index is 13.2. The molecule has 10 heteroatoms. The van der Waals surface area contributed by atoms with Gasteiger partial charge in [0.25, 0.3) is 0 Å². The Morgan fingerprint density at radius 3 is 2.21 bits per heavy atom.